The molecule has 0 saturated carbocycles. The Labute approximate surface area is 401 Å². The molecule has 0 unspecified atom stereocenters. The molecule has 0 heterocycles. The number of amides is 3. The largest absolute Gasteiger partial charge is 0.481 e. The van der Waals surface area contributed by atoms with Crippen molar-refractivity contribution in [1.29, 1.82) is 0 Å². The fraction of sp³-hybridized carbons (Fsp3) is 0.796. The van der Waals surface area contributed by atoms with E-state index in [2.05, 4.69) is 16.0 Å². The summed E-state index contributed by atoms with van der Waals surface area (Å²) < 4.78 is 0. The van der Waals surface area contributed by atoms with Crippen LogP contribution in [0.3, 0.4) is 0 Å². The van der Waals surface area contributed by atoms with Gasteiger partial charge in [0.05, 0.1) is 11.8 Å². The Bertz CT molecular complexity index is 1540. The first-order valence-corrected chi connectivity index (χ1v) is 25.0. The SMILES string of the molecule is CC[C@H](CCO)CCCCNC(=O)CC[C@H](NC(=O)CC[C@H](CC(=O)CC[C@H](NC(=O)CC[C@H](CC(=O)CCCCCCCCCCCCCCCCC(=O)O)C(=O)O)C(=O)O)C(=O)O)C(=O)O. The van der Waals surface area contributed by atoms with Crippen molar-refractivity contribution in [3.8, 4) is 0 Å². The maximum atomic E-state index is 12.7. The highest BCUT2D eigenvalue weighted by atomic mass is 16.4. The van der Waals surface area contributed by atoms with E-state index in [1.165, 1.54) is 25.7 Å². The molecule has 5 atom stereocenters. The summed E-state index contributed by atoms with van der Waals surface area (Å²) in [6.07, 6.45) is 15.6. The van der Waals surface area contributed by atoms with E-state index in [9.17, 15) is 68.4 Å². The first-order chi connectivity index (χ1) is 32.4. The maximum Gasteiger partial charge on any atom is 0.326 e. The predicted molar refractivity (Wildman–Crippen MR) is 251 cm³/mol. The van der Waals surface area contributed by atoms with Crippen LogP contribution in [0.25, 0.3) is 0 Å². The first kappa shape index (κ1) is 63.1. The summed E-state index contributed by atoms with van der Waals surface area (Å²) >= 11 is 0. The summed E-state index contributed by atoms with van der Waals surface area (Å²) in [5.41, 5.74) is 0. The van der Waals surface area contributed by atoms with Crippen LogP contribution >= 0.6 is 0 Å². The van der Waals surface area contributed by atoms with E-state index in [-0.39, 0.29) is 63.8 Å². The molecule has 68 heavy (non-hydrogen) atoms. The molecule has 0 aliphatic carbocycles. The van der Waals surface area contributed by atoms with Crippen LogP contribution in [0.4, 0.5) is 0 Å². The van der Waals surface area contributed by atoms with E-state index in [4.69, 9.17) is 10.2 Å². The minimum Gasteiger partial charge on any atom is -0.481 e. The third kappa shape index (κ3) is 35.2. The summed E-state index contributed by atoms with van der Waals surface area (Å²) in [5.74, 6) is -11.2. The van der Waals surface area contributed by atoms with E-state index in [1.54, 1.807) is 0 Å². The van der Waals surface area contributed by atoms with Gasteiger partial charge >= 0.3 is 29.8 Å². The molecule has 0 rings (SSSR count). The van der Waals surface area contributed by atoms with Crippen LogP contribution in [0.2, 0.25) is 0 Å². The lowest BCUT2D eigenvalue weighted by Crippen LogP contribution is -2.42. The van der Waals surface area contributed by atoms with Crippen LogP contribution in [-0.2, 0) is 47.9 Å². The molecule has 0 fully saturated rings. The Hall–Kier alpha value is -4.94. The van der Waals surface area contributed by atoms with Crippen molar-refractivity contribution in [2.24, 2.45) is 17.8 Å². The summed E-state index contributed by atoms with van der Waals surface area (Å²) in [7, 11) is 0. The zero-order valence-electron chi connectivity index (χ0n) is 40.5. The molecule has 0 aliphatic rings. The lowest BCUT2D eigenvalue weighted by molar-refractivity contribution is -0.145. The molecule has 19 heteroatoms. The van der Waals surface area contributed by atoms with Gasteiger partial charge in [-0.25, -0.2) is 9.59 Å². The van der Waals surface area contributed by atoms with Gasteiger partial charge in [0.25, 0.3) is 0 Å². The van der Waals surface area contributed by atoms with Crippen molar-refractivity contribution < 1.29 is 78.6 Å². The van der Waals surface area contributed by atoms with E-state index < -0.39 is 103 Å². The Morgan fingerprint density at radius 3 is 1.19 bits per heavy atom. The standard InChI is InChI=1S/C49H83N3O16/c1-2-35(30-32-53)19-17-18-31-50-42(56)29-26-41(49(67)68)52-44(58)28-23-37(47(63)64)34-39(55)24-25-40(48(65)66)51-43(57)27-22-36(46(61)62)33-38(54)20-15-13-11-9-7-5-3-4-6-8-10-12-14-16-21-45(59)60/h35-37,40-41,53H,2-34H2,1H3,(H,50,56)(H,51,57)(H,52,58)(H,59,60)(H,61,62)(H,63,64)(H,65,66)(H,67,68)/t35-,36+,37+,40-,41-/m0/s1. The minimum atomic E-state index is -1.55. The number of carboxylic acid groups (broad SMARTS) is 5. The lowest BCUT2D eigenvalue weighted by atomic mass is 9.94. The van der Waals surface area contributed by atoms with E-state index in [0.29, 0.717) is 25.3 Å². The summed E-state index contributed by atoms with van der Waals surface area (Å²) in [6, 6.07) is -2.96. The number of carboxylic acids is 5. The number of Topliss-reactive ketones (excluding diaryl/α,β-unsaturated/α-hetero) is 2. The molecule has 0 radical (unpaired) electrons. The normalized spacial score (nSPS) is 13.3. The topological polar surface area (TPSA) is 328 Å². The van der Waals surface area contributed by atoms with Crippen molar-refractivity contribution in [2.45, 2.75) is 218 Å². The summed E-state index contributed by atoms with van der Waals surface area (Å²) in [5, 5.41) is 63.6. The van der Waals surface area contributed by atoms with Crippen LogP contribution in [0.15, 0.2) is 0 Å². The minimum absolute atomic E-state index is 0.126. The van der Waals surface area contributed by atoms with Crippen LogP contribution in [-0.4, -0.2) is 115 Å². The van der Waals surface area contributed by atoms with Gasteiger partial charge in [-0.1, -0.05) is 103 Å². The number of rotatable bonds is 47. The van der Waals surface area contributed by atoms with Crippen LogP contribution in [0, 0.1) is 17.8 Å². The third-order valence-corrected chi connectivity index (χ3v) is 12.3. The summed E-state index contributed by atoms with van der Waals surface area (Å²) in [6.45, 7) is 2.57. The Morgan fingerprint density at radius 2 is 0.794 bits per heavy atom. The second-order valence-corrected chi connectivity index (χ2v) is 18.1. The molecule has 390 valence electrons. The number of ketones is 2. The van der Waals surface area contributed by atoms with Crippen LogP contribution < -0.4 is 16.0 Å². The van der Waals surface area contributed by atoms with Gasteiger partial charge in [-0.3, -0.25) is 38.4 Å². The highest BCUT2D eigenvalue weighted by molar-refractivity contribution is 5.88. The molecule has 0 aromatic carbocycles. The lowest BCUT2D eigenvalue weighted by Gasteiger charge is -2.17. The Balaban J connectivity index is 4.56. The number of carbonyl (C=O) groups is 10. The monoisotopic (exact) mass is 970 g/mol. The van der Waals surface area contributed by atoms with Gasteiger partial charge in [-0.05, 0) is 57.3 Å². The van der Waals surface area contributed by atoms with Gasteiger partial charge < -0.3 is 46.6 Å². The molecule has 0 aromatic rings. The first-order valence-electron chi connectivity index (χ1n) is 25.0. The van der Waals surface area contributed by atoms with Crippen molar-refractivity contribution in [3.63, 3.8) is 0 Å². The van der Waals surface area contributed by atoms with Gasteiger partial charge in [0.15, 0.2) is 0 Å². The number of hydrogen-bond acceptors (Lipinski definition) is 11. The zero-order chi connectivity index (χ0) is 51.1. The van der Waals surface area contributed by atoms with Gasteiger partial charge in [-0.2, -0.15) is 0 Å². The van der Waals surface area contributed by atoms with E-state index in [0.717, 1.165) is 83.5 Å². The second kappa shape index (κ2) is 40.0. The number of nitrogens with one attached hydrogen (secondary N) is 3. The highest BCUT2D eigenvalue weighted by Gasteiger charge is 2.28. The molecule has 19 nitrogen and oxygen atoms in total. The van der Waals surface area contributed by atoms with E-state index in [1.807, 2.05) is 6.92 Å². The predicted octanol–water partition coefficient (Wildman–Crippen LogP) is 6.59. The third-order valence-electron chi connectivity index (χ3n) is 12.3. The van der Waals surface area contributed by atoms with Crippen molar-refractivity contribution in [1.82, 2.24) is 16.0 Å². The maximum absolute atomic E-state index is 12.7. The smallest absolute Gasteiger partial charge is 0.326 e. The molecule has 9 N–H and O–H groups in total. The molecule has 0 aliphatic heterocycles. The van der Waals surface area contributed by atoms with Crippen molar-refractivity contribution >= 4 is 59.1 Å². The fourth-order valence-electron chi connectivity index (χ4n) is 7.95. The van der Waals surface area contributed by atoms with E-state index >= 15 is 0 Å². The summed E-state index contributed by atoms with van der Waals surface area (Å²) in [4.78, 5) is 121. The average Bonchev–Trinajstić information content (AvgIpc) is 3.27. The number of aliphatic hydroxyl groups is 1. The van der Waals surface area contributed by atoms with Crippen LogP contribution in [0.1, 0.15) is 206 Å². The van der Waals surface area contributed by atoms with Crippen molar-refractivity contribution in [2.75, 3.05) is 13.2 Å². The number of aliphatic hydroxyl groups excluding tert-OH is 1. The van der Waals surface area contributed by atoms with Gasteiger partial charge in [0.1, 0.15) is 23.7 Å². The quantitative estimate of drug-likeness (QED) is 0.0291. The number of hydrogen-bond donors (Lipinski definition) is 9. The second-order valence-electron chi connectivity index (χ2n) is 18.1. The molecular formula is C49H83N3O16. The van der Waals surface area contributed by atoms with Gasteiger partial charge in [-0.15, -0.1) is 0 Å². The van der Waals surface area contributed by atoms with Gasteiger partial charge in [0.2, 0.25) is 17.7 Å². The molecule has 3 amide bonds. The number of unbranched alkanes of at least 4 members (excludes halogenated alkanes) is 14. The van der Waals surface area contributed by atoms with Gasteiger partial charge in [0, 0.05) is 64.5 Å². The average molecular weight is 970 g/mol. The molecular weight excluding hydrogens is 887 g/mol. The van der Waals surface area contributed by atoms with Crippen LogP contribution in [0.5, 0.6) is 0 Å². The fourth-order valence-corrected chi connectivity index (χ4v) is 7.95. The molecule has 0 spiro atoms. The zero-order valence-corrected chi connectivity index (χ0v) is 40.5. The Kier molecular flexibility index (Phi) is 37.1. The molecule has 0 saturated heterocycles. The molecule has 0 aromatic heterocycles. The van der Waals surface area contributed by atoms with Crippen molar-refractivity contribution in [3.05, 3.63) is 0 Å². The highest BCUT2D eigenvalue weighted by Crippen LogP contribution is 2.19. The number of carbonyl (C=O) groups excluding carboxylic acids is 5. The molecule has 0 bridgehead atoms. The Morgan fingerprint density at radius 1 is 0.397 bits per heavy atom. The number of aliphatic carboxylic acids is 5.